The van der Waals surface area contributed by atoms with Crippen LogP contribution in [0.3, 0.4) is 0 Å². The lowest BCUT2D eigenvalue weighted by atomic mass is 10.1. The van der Waals surface area contributed by atoms with E-state index in [-0.39, 0.29) is 11.4 Å². The van der Waals surface area contributed by atoms with Gasteiger partial charge in [0.1, 0.15) is 17.9 Å². The van der Waals surface area contributed by atoms with Crippen molar-refractivity contribution in [2.24, 2.45) is 0 Å². The number of hydrogen-bond donors (Lipinski definition) is 2. The highest BCUT2D eigenvalue weighted by Gasteiger charge is 2.19. The van der Waals surface area contributed by atoms with Crippen molar-refractivity contribution in [1.29, 1.82) is 0 Å². The molecule has 0 aliphatic carbocycles. The van der Waals surface area contributed by atoms with Crippen LogP contribution >= 0.6 is 0 Å². The lowest BCUT2D eigenvalue weighted by molar-refractivity contribution is 0.0935. The van der Waals surface area contributed by atoms with E-state index >= 15 is 0 Å². The molecule has 4 aromatic rings. The molecule has 3 aromatic heterocycles. The zero-order valence-corrected chi connectivity index (χ0v) is 17.5. The van der Waals surface area contributed by atoms with Gasteiger partial charge in [-0.3, -0.25) is 9.59 Å². The van der Waals surface area contributed by atoms with Gasteiger partial charge in [0.15, 0.2) is 0 Å². The second kappa shape index (κ2) is 8.76. The monoisotopic (exact) mass is 433 g/mol. The van der Waals surface area contributed by atoms with Gasteiger partial charge < -0.3 is 19.6 Å². The quantitative estimate of drug-likeness (QED) is 0.466. The van der Waals surface area contributed by atoms with Crippen LogP contribution in [0.2, 0.25) is 0 Å². The number of rotatable bonds is 6. The van der Waals surface area contributed by atoms with E-state index in [9.17, 15) is 9.59 Å². The second-order valence-corrected chi connectivity index (χ2v) is 6.86. The van der Waals surface area contributed by atoms with Gasteiger partial charge in [-0.15, -0.1) is 0 Å². The Kier molecular flexibility index (Phi) is 5.71. The average Bonchev–Trinajstić information content (AvgIpc) is 3.25. The molecule has 0 fully saturated rings. The Bertz CT molecular complexity index is 1320. The van der Waals surface area contributed by atoms with E-state index in [1.165, 1.54) is 19.5 Å². The SMILES string of the molecule is COc1cc(-c2noc(C)n2)ccc1C(=O)NC(C)c1nc(-c2ccncn2)cc(=O)[nH]1. The molecule has 0 bridgehead atoms. The van der Waals surface area contributed by atoms with Crippen LogP contribution in [0.25, 0.3) is 22.8 Å². The molecule has 3 heterocycles. The number of amides is 1. The van der Waals surface area contributed by atoms with Crippen LogP contribution in [-0.4, -0.2) is 43.1 Å². The molecule has 1 unspecified atom stereocenters. The van der Waals surface area contributed by atoms with Crippen molar-refractivity contribution in [3.05, 3.63) is 70.5 Å². The van der Waals surface area contributed by atoms with Gasteiger partial charge >= 0.3 is 0 Å². The molecule has 0 saturated carbocycles. The summed E-state index contributed by atoms with van der Waals surface area (Å²) in [7, 11) is 1.46. The fourth-order valence-electron chi connectivity index (χ4n) is 3.03. The first-order valence-corrected chi connectivity index (χ1v) is 9.62. The Labute approximate surface area is 181 Å². The summed E-state index contributed by atoms with van der Waals surface area (Å²) < 4.78 is 10.4. The van der Waals surface area contributed by atoms with Crippen molar-refractivity contribution in [3.63, 3.8) is 0 Å². The molecular weight excluding hydrogens is 414 g/mol. The van der Waals surface area contributed by atoms with Gasteiger partial charge in [0.2, 0.25) is 11.7 Å². The van der Waals surface area contributed by atoms with Crippen LogP contribution in [0.5, 0.6) is 5.75 Å². The van der Waals surface area contributed by atoms with E-state index in [1.807, 2.05) is 0 Å². The summed E-state index contributed by atoms with van der Waals surface area (Å²) >= 11 is 0. The molecule has 4 rings (SSSR count). The maximum Gasteiger partial charge on any atom is 0.255 e. The highest BCUT2D eigenvalue weighted by Crippen LogP contribution is 2.26. The molecule has 1 aromatic carbocycles. The number of ether oxygens (including phenoxy) is 1. The summed E-state index contributed by atoms with van der Waals surface area (Å²) in [5.74, 6) is 1.05. The van der Waals surface area contributed by atoms with Crippen LogP contribution < -0.4 is 15.6 Å². The Balaban J connectivity index is 1.58. The molecule has 0 spiro atoms. The highest BCUT2D eigenvalue weighted by molar-refractivity contribution is 5.97. The molecule has 0 radical (unpaired) electrons. The fourth-order valence-corrected chi connectivity index (χ4v) is 3.03. The van der Waals surface area contributed by atoms with E-state index in [4.69, 9.17) is 9.26 Å². The minimum absolute atomic E-state index is 0.289. The van der Waals surface area contributed by atoms with Crippen molar-refractivity contribution in [2.45, 2.75) is 19.9 Å². The molecule has 162 valence electrons. The molecule has 0 aliphatic rings. The summed E-state index contributed by atoms with van der Waals surface area (Å²) in [6, 6.07) is 7.34. The van der Waals surface area contributed by atoms with Crippen molar-refractivity contribution in [3.8, 4) is 28.5 Å². The summed E-state index contributed by atoms with van der Waals surface area (Å²) in [6.45, 7) is 3.40. The Morgan fingerprint density at radius 2 is 2.03 bits per heavy atom. The van der Waals surface area contributed by atoms with E-state index in [0.717, 1.165) is 0 Å². The van der Waals surface area contributed by atoms with Gasteiger partial charge in [0, 0.05) is 24.8 Å². The first-order chi connectivity index (χ1) is 15.4. The van der Waals surface area contributed by atoms with E-state index in [1.54, 1.807) is 44.3 Å². The smallest absolute Gasteiger partial charge is 0.255 e. The van der Waals surface area contributed by atoms with Gasteiger partial charge in [-0.05, 0) is 31.2 Å². The number of H-pyrrole nitrogens is 1. The third-order valence-electron chi connectivity index (χ3n) is 4.59. The number of benzene rings is 1. The number of aromatic nitrogens is 6. The molecule has 2 N–H and O–H groups in total. The molecule has 1 atom stereocenters. The lowest BCUT2D eigenvalue weighted by Gasteiger charge is -2.15. The van der Waals surface area contributed by atoms with Crippen LogP contribution in [0.4, 0.5) is 0 Å². The van der Waals surface area contributed by atoms with Crippen molar-refractivity contribution in [1.82, 2.24) is 35.4 Å². The predicted molar refractivity (Wildman–Crippen MR) is 113 cm³/mol. The third kappa shape index (κ3) is 4.36. The van der Waals surface area contributed by atoms with Crippen LogP contribution in [0, 0.1) is 6.92 Å². The molecule has 11 heteroatoms. The van der Waals surface area contributed by atoms with E-state index < -0.39 is 11.9 Å². The first kappa shape index (κ1) is 20.8. The average molecular weight is 433 g/mol. The van der Waals surface area contributed by atoms with Crippen molar-refractivity contribution >= 4 is 5.91 Å². The Morgan fingerprint density at radius 3 is 2.72 bits per heavy atom. The summed E-state index contributed by atoms with van der Waals surface area (Å²) in [6.07, 6.45) is 2.93. The predicted octanol–water partition coefficient (Wildman–Crippen LogP) is 2.08. The number of hydrogen-bond acceptors (Lipinski definition) is 9. The molecule has 32 heavy (non-hydrogen) atoms. The normalized spacial score (nSPS) is 11.7. The molecule has 0 saturated heterocycles. The molecule has 1 amide bonds. The standard InChI is InChI=1S/C21H19N7O4/c1-11(19-26-16(9-18(29)27-19)15-6-7-22-10-23-15)24-21(30)14-5-4-13(8-17(14)31-3)20-25-12(2)32-28-20/h4-11H,1-3H3,(H,24,30)(H,26,27,29). The number of nitrogens with zero attached hydrogens (tertiary/aromatic N) is 5. The molecular formula is C21H19N7O4. The van der Waals surface area contributed by atoms with Gasteiger partial charge in [-0.2, -0.15) is 4.98 Å². The first-order valence-electron chi connectivity index (χ1n) is 9.62. The van der Waals surface area contributed by atoms with Crippen molar-refractivity contribution in [2.75, 3.05) is 7.11 Å². The summed E-state index contributed by atoms with van der Waals surface area (Å²) in [5.41, 5.74) is 1.47. The van der Waals surface area contributed by atoms with Gasteiger partial charge in [0.25, 0.3) is 11.5 Å². The van der Waals surface area contributed by atoms with E-state index in [2.05, 4.69) is 35.4 Å². The summed E-state index contributed by atoms with van der Waals surface area (Å²) in [4.78, 5) is 44.3. The number of methoxy groups -OCH3 is 1. The third-order valence-corrected chi connectivity index (χ3v) is 4.59. The number of aryl methyl sites for hydroxylation is 1. The van der Waals surface area contributed by atoms with Gasteiger partial charge in [-0.1, -0.05) is 5.16 Å². The van der Waals surface area contributed by atoms with Crippen LogP contribution in [-0.2, 0) is 0 Å². The number of nitrogens with one attached hydrogen (secondary N) is 2. The molecule has 11 nitrogen and oxygen atoms in total. The number of carbonyl (C=O) groups is 1. The minimum atomic E-state index is -0.596. The Hall–Kier alpha value is -4.41. The number of aromatic amines is 1. The summed E-state index contributed by atoms with van der Waals surface area (Å²) in [5, 5.41) is 6.69. The minimum Gasteiger partial charge on any atom is -0.496 e. The lowest BCUT2D eigenvalue weighted by Crippen LogP contribution is -2.29. The second-order valence-electron chi connectivity index (χ2n) is 6.86. The maximum absolute atomic E-state index is 12.9. The topological polar surface area (TPSA) is 149 Å². The van der Waals surface area contributed by atoms with E-state index in [0.29, 0.717) is 40.0 Å². The van der Waals surface area contributed by atoms with Crippen LogP contribution in [0.1, 0.15) is 35.0 Å². The van der Waals surface area contributed by atoms with Gasteiger partial charge in [-0.25, -0.2) is 15.0 Å². The van der Waals surface area contributed by atoms with Crippen molar-refractivity contribution < 1.29 is 14.1 Å². The zero-order chi connectivity index (χ0) is 22.7. The Morgan fingerprint density at radius 1 is 1.19 bits per heavy atom. The van der Waals surface area contributed by atoms with Crippen LogP contribution in [0.15, 0.2) is 52.2 Å². The zero-order valence-electron chi connectivity index (χ0n) is 17.5. The highest BCUT2D eigenvalue weighted by atomic mass is 16.5. The van der Waals surface area contributed by atoms with Gasteiger partial charge in [0.05, 0.1) is 30.1 Å². The largest absolute Gasteiger partial charge is 0.496 e. The fraction of sp³-hybridized carbons (Fsp3) is 0.190. The maximum atomic E-state index is 12.9. The number of carbonyl (C=O) groups excluding carboxylic acids is 1. The molecule has 0 aliphatic heterocycles.